The van der Waals surface area contributed by atoms with E-state index in [0.29, 0.717) is 16.1 Å². The Bertz CT molecular complexity index is 784. The Balaban J connectivity index is 2.05. The Morgan fingerprint density at radius 3 is 2.50 bits per heavy atom. The first-order chi connectivity index (χ1) is 11.5. The zero-order chi connectivity index (χ0) is 17.5. The van der Waals surface area contributed by atoms with Crippen LogP contribution >= 0.6 is 11.6 Å². The predicted octanol–water partition coefficient (Wildman–Crippen LogP) is 2.50. The van der Waals surface area contributed by atoms with E-state index >= 15 is 0 Å². The SMILES string of the molecule is N#C[C@H](NC(=O)c1ccc(CNC(N)=O)cc1)c1cccc(Cl)c1. The second-order valence-electron chi connectivity index (χ2n) is 5.01. The summed E-state index contributed by atoms with van der Waals surface area (Å²) in [6, 6.07) is 14.0. The van der Waals surface area contributed by atoms with E-state index in [1.54, 1.807) is 48.5 Å². The fourth-order valence-electron chi connectivity index (χ4n) is 2.05. The summed E-state index contributed by atoms with van der Waals surface area (Å²) in [5.41, 5.74) is 6.82. The van der Waals surface area contributed by atoms with Crippen molar-refractivity contribution in [3.8, 4) is 6.07 Å². The number of hydrogen-bond acceptors (Lipinski definition) is 3. The van der Waals surface area contributed by atoms with E-state index in [1.165, 1.54) is 0 Å². The number of nitrogens with zero attached hydrogens (tertiary/aromatic N) is 1. The van der Waals surface area contributed by atoms with Gasteiger partial charge in [-0.25, -0.2) is 4.79 Å². The minimum Gasteiger partial charge on any atom is -0.352 e. The monoisotopic (exact) mass is 342 g/mol. The van der Waals surface area contributed by atoms with Crippen LogP contribution in [0.15, 0.2) is 48.5 Å². The van der Waals surface area contributed by atoms with Crippen LogP contribution in [0.25, 0.3) is 0 Å². The van der Waals surface area contributed by atoms with Gasteiger partial charge in [-0.15, -0.1) is 0 Å². The summed E-state index contributed by atoms with van der Waals surface area (Å²) >= 11 is 5.91. The molecule has 0 spiro atoms. The highest BCUT2D eigenvalue weighted by Gasteiger charge is 2.15. The van der Waals surface area contributed by atoms with Crippen molar-refractivity contribution in [1.82, 2.24) is 10.6 Å². The maximum Gasteiger partial charge on any atom is 0.312 e. The highest BCUT2D eigenvalue weighted by Crippen LogP contribution is 2.18. The molecule has 4 N–H and O–H groups in total. The van der Waals surface area contributed by atoms with Crippen LogP contribution in [-0.4, -0.2) is 11.9 Å². The van der Waals surface area contributed by atoms with Gasteiger partial charge in [-0.3, -0.25) is 4.79 Å². The van der Waals surface area contributed by atoms with E-state index in [1.807, 2.05) is 6.07 Å². The first kappa shape index (κ1) is 17.3. The molecule has 0 aromatic heterocycles. The summed E-state index contributed by atoms with van der Waals surface area (Å²) in [5, 5.41) is 14.9. The van der Waals surface area contributed by atoms with Gasteiger partial charge in [0.25, 0.3) is 5.91 Å². The second kappa shape index (κ2) is 7.99. The topological polar surface area (TPSA) is 108 Å². The van der Waals surface area contributed by atoms with Crippen LogP contribution in [0.2, 0.25) is 5.02 Å². The molecule has 122 valence electrons. The molecule has 0 aliphatic rings. The number of benzene rings is 2. The molecule has 2 rings (SSSR count). The molecule has 2 aromatic carbocycles. The Labute approximate surface area is 144 Å². The average Bonchev–Trinajstić information content (AvgIpc) is 2.58. The Morgan fingerprint density at radius 2 is 1.92 bits per heavy atom. The van der Waals surface area contributed by atoms with Crippen LogP contribution in [0, 0.1) is 11.3 Å². The van der Waals surface area contributed by atoms with Gasteiger partial charge in [0, 0.05) is 17.1 Å². The van der Waals surface area contributed by atoms with Crippen LogP contribution in [0.1, 0.15) is 27.5 Å². The molecular formula is C17H15ClN4O2. The first-order valence-corrected chi connectivity index (χ1v) is 7.45. The summed E-state index contributed by atoms with van der Waals surface area (Å²) in [7, 11) is 0. The molecule has 0 saturated heterocycles. The lowest BCUT2D eigenvalue weighted by Gasteiger charge is -2.12. The molecular weight excluding hydrogens is 328 g/mol. The van der Waals surface area contributed by atoms with Gasteiger partial charge in [0.15, 0.2) is 0 Å². The Kier molecular flexibility index (Phi) is 5.77. The van der Waals surface area contributed by atoms with Crippen LogP contribution in [0.5, 0.6) is 0 Å². The van der Waals surface area contributed by atoms with Crippen molar-refractivity contribution in [2.75, 3.05) is 0 Å². The minimum atomic E-state index is -0.799. The molecule has 6 nitrogen and oxygen atoms in total. The minimum absolute atomic E-state index is 0.278. The highest BCUT2D eigenvalue weighted by atomic mass is 35.5. The van der Waals surface area contributed by atoms with Crippen LogP contribution < -0.4 is 16.4 Å². The molecule has 0 heterocycles. The van der Waals surface area contributed by atoms with Gasteiger partial charge in [-0.05, 0) is 35.4 Å². The van der Waals surface area contributed by atoms with Crippen molar-refractivity contribution in [1.29, 1.82) is 5.26 Å². The molecule has 0 bridgehead atoms. The lowest BCUT2D eigenvalue weighted by molar-refractivity contribution is 0.0945. The fourth-order valence-corrected chi connectivity index (χ4v) is 2.25. The van der Waals surface area contributed by atoms with Gasteiger partial charge in [0.1, 0.15) is 6.04 Å². The molecule has 7 heteroatoms. The number of halogens is 1. The third-order valence-electron chi connectivity index (χ3n) is 3.27. The van der Waals surface area contributed by atoms with Crippen molar-refractivity contribution < 1.29 is 9.59 Å². The normalized spacial score (nSPS) is 11.2. The number of rotatable bonds is 5. The van der Waals surface area contributed by atoms with Gasteiger partial charge in [0.2, 0.25) is 0 Å². The number of carbonyl (C=O) groups excluding carboxylic acids is 2. The van der Waals surface area contributed by atoms with Gasteiger partial charge in [-0.2, -0.15) is 5.26 Å². The van der Waals surface area contributed by atoms with E-state index in [9.17, 15) is 14.9 Å². The average molecular weight is 343 g/mol. The highest BCUT2D eigenvalue weighted by molar-refractivity contribution is 6.30. The molecule has 1 atom stereocenters. The summed E-state index contributed by atoms with van der Waals surface area (Å²) < 4.78 is 0. The van der Waals surface area contributed by atoms with E-state index in [2.05, 4.69) is 10.6 Å². The van der Waals surface area contributed by atoms with Crippen molar-refractivity contribution in [2.45, 2.75) is 12.6 Å². The predicted molar refractivity (Wildman–Crippen MR) is 90.1 cm³/mol. The lowest BCUT2D eigenvalue weighted by Crippen LogP contribution is -2.29. The molecule has 0 radical (unpaired) electrons. The fraction of sp³-hybridized carbons (Fsp3) is 0.118. The van der Waals surface area contributed by atoms with Gasteiger partial charge in [0.05, 0.1) is 6.07 Å². The Hall–Kier alpha value is -3.04. The van der Waals surface area contributed by atoms with Gasteiger partial charge < -0.3 is 16.4 Å². The summed E-state index contributed by atoms with van der Waals surface area (Å²) in [6.45, 7) is 0.278. The maximum atomic E-state index is 12.3. The molecule has 0 fully saturated rings. The standard InChI is InChI=1S/C17H15ClN4O2/c18-14-3-1-2-13(8-14)15(9-19)22-16(23)12-6-4-11(5-7-12)10-21-17(20)24/h1-8,15H,10H2,(H,22,23)(H3,20,21,24)/t15-/m0/s1. The number of hydrogen-bond donors (Lipinski definition) is 3. The number of urea groups is 1. The number of amides is 3. The third kappa shape index (κ3) is 4.73. The smallest absolute Gasteiger partial charge is 0.312 e. The molecule has 0 aliphatic heterocycles. The zero-order valence-electron chi connectivity index (χ0n) is 12.6. The largest absolute Gasteiger partial charge is 0.352 e. The van der Waals surface area contributed by atoms with Gasteiger partial charge in [-0.1, -0.05) is 35.9 Å². The third-order valence-corrected chi connectivity index (χ3v) is 3.50. The summed E-state index contributed by atoms with van der Waals surface area (Å²) in [4.78, 5) is 22.9. The van der Waals surface area contributed by atoms with E-state index in [0.717, 1.165) is 5.56 Å². The Morgan fingerprint density at radius 1 is 1.21 bits per heavy atom. The lowest BCUT2D eigenvalue weighted by atomic mass is 10.1. The molecule has 3 amide bonds. The molecule has 0 unspecified atom stereocenters. The molecule has 0 saturated carbocycles. The van der Waals surface area contributed by atoms with Crippen molar-refractivity contribution in [3.63, 3.8) is 0 Å². The van der Waals surface area contributed by atoms with Crippen LogP contribution in [0.4, 0.5) is 4.79 Å². The van der Waals surface area contributed by atoms with Crippen LogP contribution in [-0.2, 0) is 6.54 Å². The van der Waals surface area contributed by atoms with Crippen molar-refractivity contribution in [2.24, 2.45) is 5.73 Å². The zero-order valence-corrected chi connectivity index (χ0v) is 13.4. The van der Waals surface area contributed by atoms with Crippen molar-refractivity contribution in [3.05, 3.63) is 70.2 Å². The quantitative estimate of drug-likeness (QED) is 0.776. The number of nitriles is 1. The number of carbonyl (C=O) groups is 2. The van der Waals surface area contributed by atoms with Gasteiger partial charge >= 0.3 is 6.03 Å². The second-order valence-corrected chi connectivity index (χ2v) is 5.44. The van der Waals surface area contributed by atoms with Crippen molar-refractivity contribution >= 4 is 23.5 Å². The maximum absolute atomic E-state index is 12.3. The summed E-state index contributed by atoms with van der Waals surface area (Å²) in [5.74, 6) is -0.379. The number of primary amides is 1. The van der Waals surface area contributed by atoms with Crippen LogP contribution in [0.3, 0.4) is 0 Å². The number of nitrogens with two attached hydrogens (primary N) is 1. The van der Waals surface area contributed by atoms with E-state index in [-0.39, 0.29) is 12.5 Å². The molecule has 2 aromatic rings. The first-order valence-electron chi connectivity index (χ1n) is 7.08. The van der Waals surface area contributed by atoms with E-state index < -0.39 is 12.1 Å². The molecule has 0 aliphatic carbocycles. The molecule has 24 heavy (non-hydrogen) atoms. The number of nitrogens with one attached hydrogen (secondary N) is 2. The summed E-state index contributed by atoms with van der Waals surface area (Å²) in [6.07, 6.45) is 0. The van der Waals surface area contributed by atoms with E-state index in [4.69, 9.17) is 17.3 Å².